The lowest BCUT2D eigenvalue weighted by atomic mass is 9.76. The van der Waals surface area contributed by atoms with Gasteiger partial charge in [0.15, 0.2) is 5.78 Å². The maximum Gasteiger partial charge on any atom is 0.269 e. The van der Waals surface area contributed by atoms with Gasteiger partial charge >= 0.3 is 0 Å². The van der Waals surface area contributed by atoms with Crippen molar-refractivity contribution >= 4 is 17.4 Å². The molecule has 1 aliphatic rings. The van der Waals surface area contributed by atoms with Crippen molar-refractivity contribution in [3.63, 3.8) is 0 Å². The number of hydrogen-bond donors (Lipinski definition) is 1. The van der Waals surface area contributed by atoms with Gasteiger partial charge in [0.25, 0.3) is 5.69 Å². The number of rotatable bonds is 3. The fraction of sp³-hybridized carbons (Fsp3) is 0.267. The maximum atomic E-state index is 12.0. The van der Waals surface area contributed by atoms with Crippen LogP contribution in [0.15, 0.2) is 35.5 Å². The second-order valence-corrected chi connectivity index (χ2v) is 5.02. The molecule has 1 aromatic carbocycles. The van der Waals surface area contributed by atoms with E-state index in [4.69, 9.17) is 0 Å². The van der Waals surface area contributed by atoms with Gasteiger partial charge in [-0.2, -0.15) is 5.26 Å². The third-order valence-electron chi connectivity index (χ3n) is 3.60. The van der Waals surface area contributed by atoms with Crippen LogP contribution in [0.4, 0.5) is 5.69 Å². The van der Waals surface area contributed by atoms with E-state index in [2.05, 4.69) is 5.32 Å². The number of hydrogen-bond acceptors (Lipinski definition) is 5. The number of non-ortho nitro benzene ring substituents is 1. The summed E-state index contributed by atoms with van der Waals surface area (Å²) >= 11 is 0. The normalized spacial score (nSPS) is 21.0. The van der Waals surface area contributed by atoms with Crippen molar-refractivity contribution in [1.29, 1.82) is 5.26 Å². The average Bonchev–Trinajstić information content (AvgIpc) is 2.46. The fourth-order valence-corrected chi connectivity index (χ4v) is 2.69. The minimum absolute atomic E-state index is 0.152. The number of nitro groups is 1. The highest BCUT2D eigenvalue weighted by Crippen LogP contribution is 2.38. The Labute approximate surface area is 126 Å². The first-order chi connectivity index (χ1) is 10.4. The molecule has 1 heterocycles. The molecule has 7 nitrogen and oxygen atoms in total. The predicted molar refractivity (Wildman–Crippen MR) is 76.5 cm³/mol. The van der Waals surface area contributed by atoms with E-state index >= 15 is 0 Å². The smallest absolute Gasteiger partial charge is 0.269 e. The fourth-order valence-electron chi connectivity index (χ4n) is 2.69. The van der Waals surface area contributed by atoms with Gasteiger partial charge < -0.3 is 5.32 Å². The van der Waals surface area contributed by atoms with Crippen molar-refractivity contribution in [2.24, 2.45) is 5.92 Å². The number of amides is 1. The second kappa shape index (κ2) is 5.77. The molecule has 7 heteroatoms. The molecular weight excluding hydrogens is 286 g/mol. The van der Waals surface area contributed by atoms with Crippen LogP contribution in [-0.4, -0.2) is 16.6 Å². The zero-order chi connectivity index (χ0) is 16.4. The summed E-state index contributed by atoms with van der Waals surface area (Å²) in [5.41, 5.74) is 0.924. The van der Waals surface area contributed by atoms with Gasteiger partial charge in [-0.3, -0.25) is 19.7 Å². The van der Waals surface area contributed by atoms with Gasteiger partial charge in [-0.1, -0.05) is 12.1 Å². The summed E-state index contributed by atoms with van der Waals surface area (Å²) in [6.07, 6.45) is 0. The Morgan fingerprint density at radius 1 is 1.45 bits per heavy atom. The molecule has 1 amide bonds. The van der Waals surface area contributed by atoms with Gasteiger partial charge in [0, 0.05) is 29.3 Å². The van der Waals surface area contributed by atoms with Crippen LogP contribution in [0.1, 0.15) is 25.3 Å². The van der Waals surface area contributed by atoms with E-state index in [1.165, 1.54) is 25.1 Å². The Hall–Kier alpha value is -3.01. The summed E-state index contributed by atoms with van der Waals surface area (Å²) in [4.78, 5) is 34.3. The molecule has 0 aliphatic carbocycles. The van der Waals surface area contributed by atoms with Crippen molar-refractivity contribution in [3.05, 3.63) is 51.2 Å². The van der Waals surface area contributed by atoms with E-state index in [9.17, 15) is 25.0 Å². The Morgan fingerprint density at radius 2 is 2.14 bits per heavy atom. The quantitative estimate of drug-likeness (QED) is 0.675. The highest BCUT2D eigenvalue weighted by atomic mass is 16.6. The van der Waals surface area contributed by atoms with Gasteiger partial charge in [-0.05, 0) is 19.4 Å². The molecule has 22 heavy (non-hydrogen) atoms. The van der Waals surface area contributed by atoms with Crippen molar-refractivity contribution in [1.82, 2.24) is 5.32 Å². The Kier molecular flexibility index (Phi) is 4.04. The Balaban J connectivity index is 2.66. The van der Waals surface area contributed by atoms with Crippen molar-refractivity contribution in [3.8, 4) is 6.07 Å². The van der Waals surface area contributed by atoms with Crippen LogP contribution >= 0.6 is 0 Å². The molecular formula is C15H13N3O4. The lowest BCUT2D eigenvalue weighted by molar-refractivity contribution is -0.384. The monoisotopic (exact) mass is 299 g/mol. The summed E-state index contributed by atoms with van der Waals surface area (Å²) in [5.74, 6) is -2.71. The maximum absolute atomic E-state index is 12.0. The SMILES string of the molecule is CC(=O)C1=C(C)NC(=O)[C@H](C#N)[C@@H]1c1cccc([N+](=O)[O-])c1. The van der Waals surface area contributed by atoms with Gasteiger partial charge in [-0.25, -0.2) is 0 Å². The molecule has 1 N–H and O–H groups in total. The van der Waals surface area contributed by atoms with Crippen LogP contribution in [0.5, 0.6) is 0 Å². The molecule has 0 fully saturated rings. The van der Waals surface area contributed by atoms with Crippen LogP contribution in [0.2, 0.25) is 0 Å². The highest BCUT2D eigenvalue weighted by molar-refractivity contribution is 6.00. The van der Waals surface area contributed by atoms with Gasteiger partial charge in [0.1, 0.15) is 5.92 Å². The third kappa shape index (κ3) is 2.59. The highest BCUT2D eigenvalue weighted by Gasteiger charge is 2.39. The standard InChI is InChI=1S/C15H13N3O4/c1-8-13(9(2)19)14(12(7-16)15(20)17-8)10-4-3-5-11(6-10)18(21)22/h3-6,12,14H,1-2H3,(H,17,20)/t12-,14+/m1/s1. The molecule has 1 aromatic rings. The molecule has 0 saturated carbocycles. The molecule has 2 atom stereocenters. The van der Waals surface area contributed by atoms with Crippen LogP contribution in [-0.2, 0) is 9.59 Å². The summed E-state index contributed by atoms with van der Waals surface area (Å²) in [6.45, 7) is 2.92. The molecule has 0 radical (unpaired) electrons. The molecule has 0 aromatic heterocycles. The van der Waals surface area contributed by atoms with Crippen LogP contribution in [0.25, 0.3) is 0 Å². The topological polar surface area (TPSA) is 113 Å². The number of Topliss-reactive ketones (excluding diaryl/α,β-unsaturated/α-hetero) is 1. The average molecular weight is 299 g/mol. The lowest BCUT2D eigenvalue weighted by Gasteiger charge is -2.30. The van der Waals surface area contributed by atoms with Crippen LogP contribution < -0.4 is 5.32 Å². The summed E-state index contributed by atoms with van der Waals surface area (Å²) in [7, 11) is 0. The number of nitro benzene ring substituents is 1. The van der Waals surface area contributed by atoms with Crippen molar-refractivity contribution < 1.29 is 14.5 Å². The van der Waals surface area contributed by atoms with E-state index in [0.29, 0.717) is 16.8 Å². The number of nitrogens with zero attached hydrogens (tertiary/aromatic N) is 2. The third-order valence-corrected chi connectivity index (χ3v) is 3.60. The second-order valence-electron chi connectivity index (χ2n) is 5.02. The first-order valence-corrected chi connectivity index (χ1v) is 6.53. The van der Waals surface area contributed by atoms with Crippen LogP contribution in [0.3, 0.4) is 0 Å². The van der Waals surface area contributed by atoms with E-state index in [0.717, 1.165) is 0 Å². The number of nitrogens with one attached hydrogen (secondary N) is 1. The van der Waals surface area contributed by atoms with Gasteiger partial charge in [-0.15, -0.1) is 0 Å². The molecule has 0 saturated heterocycles. The molecule has 112 valence electrons. The van der Waals surface area contributed by atoms with E-state index < -0.39 is 22.7 Å². The van der Waals surface area contributed by atoms with Crippen LogP contribution in [0, 0.1) is 27.4 Å². The first-order valence-electron chi connectivity index (χ1n) is 6.53. The van der Waals surface area contributed by atoms with Crippen molar-refractivity contribution in [2.75, 3.05) is 0 Å². The zero-order valence-electron chi connectivity index (χ0n) is 12.0. The summed E-state index contributed by atoms with van der Waals surface area (Å²) < 4.78 is 0. The summed E-state index contributed by atoms with van der Waals surface area (Å²) in [6, 6.07) is 7.55. The van der Waals surface area contributed by atoms with Crippen molar-refractivity contribution in [2.45, 2.75) is 19.8 Å². The number of ketones is 1. The molecule has 0 spiro atoms. The lowest BCUT2D eigenvalue weighted by Crippen LogP contribution is -2.40. The summed E-state index contributed by atoms with van der Waals surface area (Å²) in [5, 5.41) is 22.7. The van der Waals surface area contributed by atoms with E-state index in [1.54, 1.807) is 13.0 Å². The number of nitriles is 1. The molecule has 1 aliphatic heterocycles. The van der Waals surface area contributed by atoms with Gasteiger partial charge in [0.2, 0.25) is 5.91 Å². The largest absolute Gasteiger partial charge is 0.328 e. The first kappa shape index (κ1) is 15.4. The van der Waals surface area contributed by atoms with E-state index in [-0.39, 0.29) is 11.5 Å². The molecule has 2 rings (SSSR count). The minimum Gasteiger partial charge on any atom is -0.328 e. The number of carbonyl (C=O) groups is 2. The van der Waals surface area contributed by atoms with E-state index in [1.807, 2.05) is 6.07 Å². The predicted octanol–water partition coefficient (Wildman–Crippen LogP) is 1.81. The number of benzene rings is 1. The molecule has 0 bridgehead atoms. The zero-order valence-corrected chi connectivity index (χ0v) is 12.0. The molecule has 0 unspecified atom stereocenters. The number of carbonyl (C=O) groups excluding carboxylic acids is 2. The Morgan fingerprint density at radius 3 is 2.68 bits per heavy atom. The Bertz CT molecular complexity index is 745. The minimum atomic E-state index is -1.11. The number of allylic oxidation sites excluding steroid dienone is 2. The van der Waals surface area contributed by atoms with Gasteiger partial charge in [0.05, 0.1) is 11.0 Å².